The van der Waals surface area contributed by atoms with Crippen LogP contribution < -0.4 is 0 Å². The van der Waals surface area contributed by atoms with Crippen molar-refractivity contribution in [2.45, 2.75) is 78.2 Å². The fourth-order valence-electron chi connectivity index (χ4n) is 7.85. The first-order valence-electron chi connectivity index (χ1n) is 11.0. The molecule has 0 aliphatic heterocycles. The molecule has 0 aromatic carbocycles. The average Bonchev–Trinajstić information content (AvgIpc) is 2.96. The van der Waals surface area contributed by atoms with Crippen molar-refractivity contribution in [3.8, 4) is 0 Å². The topological polar surface area (TPSA) is 80.7 Å². The molecule has 5 nitrogen and oxygen atoms in total. The summed E-state index contributed by atoms with van der Waals surface area (Å²) in [4.78, 5) is 37.4. The van der Waals surface area contributed by atoms with Crippen LogP contribution in [0.4, 0.5) is 0 Å². The fourth-order valence-corrected chi connectivity index (χ4v) is 7.85. The molecule has 4 aliphatic carbocycles. The van der Waals surface area contributed by atoms with E-state index in [9.17, 15) is 19.5 Å². The van der Waals surface area contributed by atoms with E-state index in [0.717, 1.165) is 44.9 Å². The second-order valence-corrected chi connectivity index (χ2v) is 10.5. The molecular weight excluding hydrogens is 356 g/mol. The van der Waals surface area contributed by atoms with Crippen molar-refractivity contribution < 1.29 is 24.2 Å². The highest BCUT2D eigenvalue weighted by atomic mass is 16.5. The SMILES string of the molecule is CC(=O)OCC(=O)[C@@H]1CC[C@@H]2[C@@H]3CC[C@H]4C[C@H](O)CC[C@]4(C)[C@H]3C(=O)C[C@]21C. The van der Waals surface area contributed by atoms with Gasteiger partial charge >= 0.3 is 5.97 Å². The van der Waals surface area contributed by atoms with Gasteiger partial charge in [0.05, 0.1) is 6.10 Å². The van der Waals surface area contributed by atoms with Gasteiger partial charge < -0.3 is 9.84 Å². The predicted molar refractivity (Wildman–Crippen MR) is 103 cm³/mol. The quantitative estimate of drug-likeness (QED) is 0.748. The van der Waals surface area contributed by atoms with E-state index in [1.54, 1.807) is 0 Å². The molecule has 156 valence electrons. The minimum absolute atomic E-state index is 0.000393. The number of hydrogen-bond donors (Lipinski definition) is 1. The Morgan fingerprint density at radius 1 is 1.11 bits per heavy atom. The normalized spacial score (nSPS) is 47.6. The number of aliphatic hydroxyl groups is 1. The summed E-state index contributed by atoms with van der Waals surface area (Å²) in [6.07, 6.45) is 6.74. The van der Waals surface area contributed by atoms with Crippen LogP contribution in [0, 0.1) is 40.4 Å². The maximum absolute atomic E-state index is 13.5. The first-order chi connectivity index (χ1) is 13.2. The Morgan fingerprint density at radius 2 is 1.86 bits per heavy atom. The lowest BCUT2D eigenvalue weighted by molar-refractivity contribution is -0.163. The van der Waals surface area contributed by atoms with Crippen molar-refractivity contribution >= 4 is 17.5 Å². The highest BCUT2D eigenvalue weighted by Gasteiger charge is 2.64. The molecular formula is C23H34O5. The molecule has 0 spiro atoms. The summed E-state index contributed by atoms with van der Waals surface area (Å²) in [5, 5.41) is 10.1. The second-order valence-electron chi connectivity index (χ2n) is 10.5. The van der Waals surface area contributed by atoms with Crippen molar-refractivity contribution in [3.63, 3.8) is 0 Å². The van der Waals surface area contributed by atoms with Crippen LogP contribution in [0.25, 0.3) is 0 Å². The van der Waals surface area contributed by atoms with Gasteiger partial charge in [-0.05, 0) is 73.5 Å². The third-order valence-corrected chi connectivity index (χ3v) is 9.13. The van der Waals surface area contributed by atoms with Crippen LogP contribution in [0.5, 0.6) is 0 Å². The molecule has 0 aromatic rings. The monoisotopic (exact) mass is 390 g/mol. The van der Waals surface area contributed by atoms with E-state index in [4.69, 9.17) is 4.74 Å². The molecule has 0 bridgehead atoms. The van der Waals surface area contributed by atoms with E-state index < -0.39 is 5.97 Å². The Kier molecular flexibility index (Phi) is 4.96. The third-order valence-electron chi connectivity index (χ3n) is 9.13. The lowest BCUT2D eigenvalue weighted by atomic mass is 9.44. The number of fused-ring (bicyclic) bond motifs is 5. The maximum Gasteiger partial charge on any atom is 0.303 e. The zero-order chi connectivity index (χ0) is 20.3. The largest absolute Gasteiger partial charge is 0.458 e. The van der Waals surface area contributed by atoms with E-state index in [1.165, 1.54) is 6.92 Å². The lowest BCUT2D eigenvalue weighted by Gasteiger charge is -2.59. The predicted octanol–water partition coefficient (Wildman–Crippen LogP) is 3.32. The van der Waals surface area contributed by atoms with Gasteiger partial charge in [0, 0.05) is 25.2 Å². The number of esters is 1. The molecule has 8 atom stereocenters. The molecule has 4 fully saturated rings. The number of hydrogen-bond acceptors (Lipinski definition) is 5. The zero-order valence-electron chi connectivity index (χ0n) is 17.4. The standard InChI is InChI=1S/C23H34O5/c1-13(24)28-12-20(27)18-7-6-17-16-5-4-14-10-15(25)8-9-22(14,2)21(16)19(26)11-23(17,18)3/h14-18,21,25H,4-12H2,1-3H3/t14-,15+,16-,17+,18-,21+,22-,23+/m0/s1. The van der Waals surface area contributed by atoms with Crippen molar-refractivity contribution in [1.82, 2.24) is 0 Å². The highest BCUT2D eigenvalue weighted by molar-refractivity contribution is 5.89. The molecule has 0 saturated heterocycles. The van der Waals surface area contributed by atoms with E-state index in [0.29, 0.717) is 30.0 Å². The van der Waals surface area contributed by atoms with Gasteiger partial charge in [0.25, 0.3) is 0 Å². The minimum atomic E-state index is -0.432. The van der Waals surface area contributed by atoms with Crippen LogP contribution in [-0.2, 0) is 19.1 Å². The molecule has 0 amide bonds. The van der Waals surface area contributed by atoms with Crippen LogP contribution in [-0.4, -0.2) is 35.4 Å². The van der Waals surface area contributed by atoms with Crippen molar-refractivity contribution in [1.29, 1.82) is 0 Å². The molecule has 4 saturated carbocycles. The summed E-state index contributed by atoms with van der Waals surface area (Å²) >= 11 is 0. The Labute approximate surface area is 167 Å². The van der Waals surface area contributed by atoms with Gasteiger partial charge in [0.2, 0.25) is 0 Å². The third kappa shape index (κ3) is 2.96. The van der Waals surface area contributed by atoms with Gasteiger partial charge in [-0.2, -0.15) is 0 Å². The van der Waals surface area contributed by atoms with Crippen molar-refractivity contribution in [2.24, 2.45) is 40.4 Å². The lowest BCUT2D eigenvalue weighted by Crippen LogP contribution is -2.58. The summed E-state index contributed by atoms with van der Waals surface area (Å²) in [5.41, 5.74) is -0.298. The number of Topliss-reactive ketones (excluding diaryl/α,β-unsaturated/α-hetero) is 2. The molecule has 4 aliphatic rings. The van der Waals surface area contributed by atoms with Crippen molar-refractivity contribution in [2.75, 3.05) is 6.61 Å². The number of carbonyl (C=O) groups excluding carboxylic acids is 3. The molecule has 1 N–H and O–H groups in total. The van der Waals surface area contributed by atoms with E-state index in [-0.39, 0.29) is 41.2 Å². The second kappa shape index (κ2) is 6.93. The fraction of sp³-hybridized carbons (Fsp3) is 0.870. The highest BCUT2D eigenvalue weighted by Crippen LogP contribution is 2.66. The van der Waals surface area contributed by atoms with E-state index in [2.05, 4.69) is 13.8 Å². The number of aliphatic hydroxyl groups excluding tert-OH is 1. The van der Waals surface area contributed by atoms with Crippen molar-refractivity contribution in [3.05, 3.63) is 0 Å². The first kappa shape index (κ1) is 20.1. The van der Waals surface area contributed by atoms with Gasteiger partial charge in [0.15, 0.2) is 5.78 Å². The van der Waals surface area contributed by atoms with Crippen LogP contribution in [0.15, 0.2) is 0 Å². The number of ether oxygens (including phenoxy) is 1. The Bertz CT molecular complexity index is 686. The van der Waals surface area contributed by atoms with E-state index >= 15 is 0 Å². The smallest absolute Gasteiger partial charge is 0.303 e. The van der Waals surface area contributed by atoms with Gasteiger partial charge in [-0.15, -0.1) is 0 Å². The minimum Gasteiger partial charge on any atom is -0.458 e. The van der Waals surface area contributed by atoms with Crippen LogP contribution in [0.3, 0.4) is 0 Å². The summed E-state index contributed by atoms with van der Waals surface area (Å²) in [6.45, 7) is 5.58. The average molecular weight is 391 g/mol. The molecule has 28 heavy (non-hydrogen) atoms. The molecule has 0 radical (unpaired) electrons. The van der Waals surface area contributed by atoms with Gasteiger partial charge in [-0.3, -0.25) is 14.4 Å². The summed E-state index contributed by atoms with van der Waals surface area (Å²) in [7, 11) is 0. The first-order valence-corrected chi connectivity index (χ1v) is 11.0. The van der Waals surface area contributed by atoms with Crippen LogP contribution in [0.2, 0.25) is 0 Å². The Morgan fingerprint density at radius 3 is 2.57 bits per heavy atom. The molecule has 0 aromatic heterocycles. The number of carbonyl (C=O) groups is 3. The maximum atomic E-state index is 13.5. The molecule has 5 heteroatoms. The number of rotatable bonds is 3. The Hall–Kier alpha value is -1.23. The molecule has 0 unspecified atom stereocenters. The van der Waals surface area contributed by atoms with Gasteiger partial charge in [-0.25, -0.2) is 0 Å². The summed E-state index contributed by atoms with van der Waals surface area (Å²) in [5.74, 6) is 0.971. The Balaban J connectivity index is 1.58. The molecule has 4 rings (SSSR count). The van der Waals surface area contributed by atoms with E-state index in [1.807, 2.05) is 0 Å². The summed E-state index contributed by atoms with van der Waals surface area (Å²) < 4.78 is 4.97. The van der Waals surface area contributed by atoms with Gasteiger partial charge in [0.1, 0.15) is 12.4 Å². The van der Waals surface area contributed by atoms with Gasteiger partial charge in [-0.1, -0.05) is 13.8 Å². The number of ketones is 2. The molecule has 0 heterocycles. The van der Waals surface area contributed by atoms with Crippen LogP contribution in [0.1, 0.15) is 72.1 Å². The zero-order valence-corrected chi connectivity index (χ0v) is 17.4. The van der Waals surface area contributed by atoms with Crippen LogP contribution >= 0.6 is 0 Å². The summed E-state index contributed by atoms with van der Waals surface area (Å²) in [6, 6.07) is 0.